The van der Waals surface area contributed by atoms with Gasteiger partial charge in [-0.05, 0) is 104 Å². The van der Waals surface area contributed by atoms with Gasteiger partial charge in [0.2, 0.25) is 5.79 Å². The maximum atomic E-state index is 11.8. The molecule has 0 spiro atoms. The van der Waals surface area contributed by atoms with Crippen molar-refractivity contribution >= 4 is 5.97 Å². The Morgan fingerprint density at radius 2 is 1.67 bits per heavy atom. The van der Waals surface area contributed by atoms with E-state index < -0.39 is 5.79 Å². The number of hydrogen-bond donors (Lipinski definition) is 0. The lowest BCUT2D eigenvalue weighted by Gasteiger charge is -2.59. The Kier molecular flexibility index (Phi) is 6.24. The SMILES string of the molecule is CC(=O)OC12C[C@@H]3CCC4C5CCC([C@H](C)CCCC(C)C)C5(C)CCC4C3(C)CCC1O2. The monoisotopic (exact) mass is 458 g/mol. The van der Waals surface area contributed by atoms with Crippen molar-refractivity contribution in [1.29, 1.82) is 0 Å². The van der Waals surface area contributed by atoms with E-state index in [0.29, 0.717) is 16.7 Å². The summed E-state index contributed by atoms with van der Waals surface area (Å²) in [4.78, 5) is 11.8. The van der Waals surface area contributed by atoms with Crippen molar-refractivity contribution in [2.75, 3.05) is 0 Å². The van der Waals surface area contributed by atoms with Crippen molar-refractivity contribution in [2.24, 2.45) is 52.3 Å². The molecule has 4 saturated carbocycles. The van der Waals surface area contributed by atoms with Crippen molar-refractivity contribution in [3.8, 4) is 0 Å². The van der Waals surface area contributed by atoms with E-state index in [1.54, 1.807) is 0 Å². The van der Waals surface area contributed by atoms with Crippen LogP contribution in [0.15, 0.2) is 0 Å². The van der Waals surface area contributed by atoms with Gasteiger partial charge in [0, 0.05) is 13.3 Å². The van der Waals surface area contributed by atoms with E-state index in [1.807, 2.05) is 0 Å². The molecule has 3 heteroatoms. The average Bonchev–Trinajstić information content (AvgIpc) is 3.29. The largest absolute Gasteiger partial charge is 0.430 e. The Balaban J connectivity index is 1.29. The molecule has 0 bridgehead atoms. The molecule has 0 amide bonds. The van der Waals surface area contributed by atoms with E-state index in [9.17, 15) is 4.79 Å². The Labute approximate surface area is 203 Å². The van der Waals surface area contributed by atoms with Crippen LogP contribution in [-0.2, 0) is 14.3 Å². The van der Waals surface area contributed by atoms with Crippen molar-refractivity contribution in [3.63, 3.8) is 0 Å². The van der Waals surface area contributed by atoms with Gasteiger partial charge >= 0.3 is 5.97 Å². The maximum absolute atomic E-state index is 11.8. The van der Waals surface area contributed by atoms with E-state index in [0.717, 1.165) is 48.3 Å². The number of fused-ring (bicyclic) bond motifs is 6. The van der Waals surface area contributed by atoms with E-state index >= 15 is 0 Å². The second-order valence-corrected chi connectivity index (χ2v) is 13.9. The van der Waals surface area contributed by atoms with Crippen LogP contribution in [0.1, 0.15) is 119 Å². The van der Waals surface area contributed by atoms with Crippen LogP contribution in [0.5, 0.6) is 0 Å². The lowest BCUT2D eigenvalue weighted by molar-refractivity contribution is -0.163. The number of esters is 1. The molecule has 1 saturated heterocycles. The molecule has 5 rings (SSSR count). The number of epoxide rings is 1. The Morgan fingerprint density at radius 3 is 2.39 bits per heavy atom. The fourth-order valence-corrected chi connectivity index (χ4v) is 10.1. The first-order valence-electron chi connectivity index (χ1n) is 14.5. The van der Waals surface area contributed by atoms with Crippen molar-refractivity contribution in [2.45, 2.75) is 130 Å². The number of ether oxygens (including phenoxy) is 2. The lowest BCUT2D eigenvalue weighted by atomic mass is 9.45. The standard InChI is InChI=1S/C30H50O3/c1-19(2)8-7-9-20(3)24-12-13-25-23-11-10-22-18-30(32-21(4)31)27(33-30)15-17-28(22,5)26(23)14-16-29(24,25)6/h19-20,22-27H,7-18H2,1-6H3/t20-,22+,23?,24?,25?,26?,27?,28?,29?,30?/m1/s1. The molecular weight excluding hydrogens is 408 g/mol. The van der Waals surface area contributed by atoms with Gasteiger partial charge in [-0.2, -0.15) is 0 Å². The van der Waals surface area contributed by atoms with Crippen molar-refractivity contribution in [3.05, 3.63) is 0 Å². The second kappa shape index (κ2) is 8.52. The number of rotatable bonds is 6. The van der Waals surface area contributed by atoms with Gasteiger partial charge in [-0.3, -0.25) is 4.79 Å². The zero-order valence-electron chi connectivity index (χ0n) is 22.3. The number of carbonyl (C=O) groups is 1. The fourth-order valence-electron chi connectivity index (χ4n) is 10.1. The predicted molar refractivity (Wildman–Crippen MR) is 132 cm³/mol. The molecule has 1 heterocycles. The zero-order chi connectivity index (χ0) is 23.6. The summed E-state index contributed by atoms with van der Waals surface area (Å²) in [5, 5.41) is 0. The summed E-state index contributed by atoms with van der Waals surface area (Å²) in [6.45, 7) is 14.2. The van der Waals surface area contributed by atoms with Gasteiger partial charge in [0.05, 0.1) is 0 Å². The second-order valence-electron chi connectivity index (χ2n) is 13.9. The highest BCUT2D eigenvalue weighted by molar-refractivity contribution is 5.66. The Morgan fingerprint density at radius 1 is 0.939 bits per heavy atom. The normalized spacial score (nSPS) is 49.3. The van der Waals surface area contributed by atoms with Crippen LogP contribution in [0.2, 0.25) is 0 Å². The molecule has 33 heavy (non-hydrogen) atoms. The van der Waals surface area contributed by atoms with Gasteiger partial charge in [-0.1, -0.05) is 53.9 Å². The van der Waals surface area contributed by atoms with Gasteiger partial charge in [0.15, 0.2) is 0 Å². The summed E-state index contributed by atoms with van der Waals surface area (Å²) < 4.78 is 11.8. The topological polar surface area (TPSA) is 38.8 Å². The molecule has 0 N–H and O–H groups in total. The van der Waals surface area contributed by atoms with Gasteiger partial charge in [0.1, 0.15) is 6.10 Å². The third-order valence-corrected chi connectivity index (χ3v) is 11.8. The lowest BCUT2D eigenvalue weighted by Crippen LogP contribution is -2.52. The van der Waals surface area contributed by atoms with Gasteiger partial charge in [0.25, 0.3) is 0 Å². The van der Waals surface area contributed by atoms with Crippen molar-refractivity contribution < 1.29 is 14.3 Å². The molecular formula is C30H50O3. The minimum Gasteiger partial charge on any atom is -0.430 e. The van der Waals surface area contributed by atoms with Crippen LogP contribution < -0.4 is 0 Å². The fraction of sp³-hybridized carbons (Fsp3) is 0.967. The highest BCUT2D eigenvalue weighted by atomic mass is 16.8. The van der Waals surface area contributed by atoms with E-state index in [-0.39, 0.29) is 12.1 Å². The van der Waals surface area contributed by atoms with Crippen LogP contribution in [0.4, 0.5) is 0 Å². The summed E-state index contributed by atoms with van der Waals surface area (Å²) in [5.41, 5.74) is 0.964. The minimum atomic E-state index is -0.575. The third kappa shape index (κ3) is 4.01. The number of hydrogen-bond acceptors (Lipinski definition) is 3. The van der Waals surface area contributed by atoms with Crippen molar-refractivity contribution in [1.82, 2.24) is 0 Å². The molecule has 0 aromatic rings. The van der Waals surface area contributed by atoms with Gasteiger partial charge in [-0.25, -0.2) is 0 Å². The molecule has 8 unspecified atom stereocenters. The van der Waals surface area contributed by atoms with E-state index in [4.69, 9.17) is 9.47 Å². The zero-order valence-corrected chi connectivity index (χ0v) is 22.3. The van der Waals surface area contributed by atoms with Crippen LogP contribution in [0.3, 0.4) is 0 Å². The van der Waals surface area contributed by atoms with Crippen LogP contribution in [0, 0.1) is 52.3 Å². The molecule has 0 radical (unpaired) electrons. The predicted octanol–water partition coefficient (Wildman–Crippen LogP) is 7.77. The summed E-state index contributed by atoms with van der Waals surface area (Å²) in [6.07, 6.45) is 16.1. The highest BCUT2D eigenvalue weighted by Crippen LogP contribution is 2.69. The first-order valence-corrected chi connectivity index (χ1v) is 14.5. The molecule has 3 nitrogen and oxygen atoms in total. The van der Waals surface area contributed by atoms with E-state index in [1.165, 1.54) is 71.1 Å². The molecule has 0 aromatic heterocycles. The number of carbonyl (C=O) groups excluding carboxylic acids is 1. The third-order valence-electron chi connectivity index (χ3n) is 11.8. The molecule has 5 aliphatic rings. The van der Waals surface area contributed by atoms with Crippen LogP contribution >= 0.6 is 0 Å². The highest BCUT2D eigenvalue weighted by Gasteiger charge is 2.67. The first-order chi connectivity index (χ1) is 15.6. The minimum absolute atomic E-state index is 0.152. The maximum Gasteiger partial charge on any atom is 0.305 e. The van der Waals surface area contributed by atoms with E-state index in [2.05, 4.69) is 34.6 Å². The molecule has 4 aliphatic carbocycles. The molecule has 1 aliphatic heterocycles. The quantitative estimate of drug-likeness (QED) is 0.301. The summed E-state index contributed by atoms with van der Waals surface area (Å²) in [5.74, 6) is 5.25. The van der Waals surface area contributed by atoms with Crippen LogP contribution in [0.25, 0.3) is 0 Å². The molecule has 10 atom stereocenters. The summed E-state index contributed by atoms with van der Waals surface area (Å²) in [7, 11) is 0. The molecule has 5 fully saturated rings. The van der Waals surface area contributed by atoms with Gasteiger partial charge in [-0.15, -0.1) is 0 Å². The Bertz CT molecular complexity index is 747. The summed E-state index contributed by atoms with van der Waals surface area (Å²) in [6, 6.07) is 0. The average molecular weight is 459 g/mol. The molecule has 0 aromatic carbocycles. The van der Waals surface area contributed by atoms with Crippen LogP contribution in [-0.4, -0.2) is 17.9 Å². The Hall–Kier alpha value is -0.570. The first kappa shape index (κ1) is 24.1. The smallest absolute Gasteiger partial charge is 0.305 e. The molecule has 188 valence electrons. The summed E-state index contributed by atoms with van der Waals surface area (Å²) >= 11 is 0. The van der Waals surface area contributed by atoms with Gasteiger partial charge < -0.3 is 9.47 Å².